The first kappa shape index (κ1) is 59.1. The van der Waals surface area contributed by atoms with Gasteiger partial charge in [0.1, 0.15) is 83.5 Å². The van der Waals surface area contributed by atoms with Crippen molar-refractivity contribution >= 4 is 40.4 Å². The third kappa shape index (κ3) is 15.5. The molecule has 3 saturated heterocycles. The molecule has 24 N–H and O–H groups in total. The molecule has 1 saturated carbocycles. The minimum Gasteiger partial charge on any atom is -0.389 e. The fourth-order valence-corrected chi connectivity index (χ4v) is 10.3. The van der Waals surface area contributed by atoms with Gasteiger partial charge in [-0.25, -0.2) is 9.97 Å². The van der Waals surface area contributed by atoms with Crippen molar-refractivity contribution in [3.8, 4) is 10.7 Å². The van der Waals surface area contributed by atoms with Crippen LogP contribution in [0.3, 0.4) is 0 Å². The Kier molecular flexibility index (Phi) is 22.9. The SMILES string of the molecule is NCCCCNCCCNC(=O)c1csc(-c2csc(CCNC(=O)CCC(=O)NCC3OC(OC4C(O)C(N)CC(N)C4OC4OC(CN)C(O)C(O)C4N)C(O)C3OC3OC(CN)C(O)C(O)C3N)n2)n1. The first-order valence-electron chi connectivity index (χ1n) is 24.5. The lowest BCUT2D eigenvalue weighted by atomic mass is 9.84. The maximum Gasteiger partial charge on any atom is 0.270 e. The van der Waals surface area contributed by atoms with Gasteiger partial charge in [0, 0.05) is 74.8 Å². The third-order valence-electron chi connectivity index (χ3n) is 13.1. The van der Waals surface area contributed by atoms with E-state index in [1.807, 2.05) is 5.38 Å². The molecule has 73 heavy (non-hydrogen) atoms. The molecular weight excluding hydrogens is 1000 g/mol. The Morgan fingerprint density at radius 3 is 1.86 bits per heavy atom. The van der Waals surface area contributed by atoms with Crippen molar-refractivity contribution in [1.82, 2.24) is 31.2 Å². The summed E-state index contributed by atoms with van der Waals surface area (Å²) in [6.07, 6.45) is -18.5. The Morgan fingerprint density at radius 1 is 0.616 bits per heavy atom. The normalized spacial score (nSPS) is 35.7. The Labute approximate surface area is 429 Å². The van der Waals surface area contributed by atoms with Crippen LogP contribution in [0.2, 0.25) is 0 Å². The molecule has 0 aromatic carbocycles. The van der Waals surface area contributed by atoms with E-state index in [4.69, 9.17) is 68.6 Å². The summed E-state index contributed by atoms with van der Waals surface area (Å²) in [7, 11) is 0. The van der Waals surface area contributed by atoms with Crippen LogP contribution >= 0.6 is 22.7 Å². The molecule has 1 aliphatic carbocycles. The fraction of sp³-hybridized carbons (Fsp3) is 0.791. The average Bonchev–Trinajstić information content (AvgIpc) is 4.13. The van der Waals surface area contributed by atoms with Gasteiger partial charge in [-0.2, -0.15) is 0 Å². The van der Waals surface area contributed by atoms with Gasteiger partial charge in [-0.1, -0.05) is 0 Å². The van der Waals surface area contributed by atoms with Crippen LogP contribution in [0.5, 0.6) is 0 Å². The second-order valence-corrected chi connectivity index (χ2v) is 20.3. The van der Waals surface area contributed by atoms with E-state index in [-0.39, 0.29) is 51.3 Å². The fourth-order valence-electron chi connectivity index (χ4n) is 8.73. The molecule has 19 unspecified atom stereocenters. The minimum absolute atomic E-state index is 0.0279. The molecule has 19 atom stereocenters. The Bertz CT molecular complexity index is 2030. The first-order chi connectivity index (χ1) is 34.9. The molecule has 5 heterocycles. The highest BCUT2D eigenvalue weighted by Crippen LogP contribution is 2.35. The number of nitrogens with one attached hydrogen (secondary N) is 4. The van der Waals surface area contributed by atoms with E-state index in [1.165, 1.54) is 22.7 Å². The summed E-state index contributed by atoms with van der Waals surface area (Å²) in [4.78, 5) is 47.7. The largest absolute Gasteiger partial charge is 0.389 e. The van der Waals surface area contributed by atoms with E-state index in [0.717, 1.165) is 37.4 Å². The molecule has 3 amide bonds. The maximum absolute atomic E-state index is 13.2. The summed E-state index contributed by atoms with van der Waals surface area (Å²) in [5, 5.41) is 81.7. The van der Waals surface area contributed by atoms with Crippen LogP contribution in [-0.4, -0.2) is 227 Å². The van der Waals surface area contributed by atoms with E-state index in [2.05, 4.69) is 31.2 Å². The number of nitrogens with zero attached hydrogens (tertiary/aromatic N) is 2. The summed E-state index contributed by atoms with van der Waals surface area (Å²) in [6, 6.07) is -4.52. The molecule has 414 valence electrons. The summed E-state index contributed by atoms with van der Waals surface area (Å²) in [6.45, 7) is 2.31. The van der Waals surface area contributed by atoms with Crippen molar-refractivity contribution in [1.29, 1.82) is 0 Å². The molecule has 0 bridgehead atoms. The lowest BCUT2D eigenvalue weighted by molar-refractivity contribution is -0.306. The smallest absolute Gasteiger partial charge is 0.270 e. The van der Waals surface area contributed by atoms with Gasteiger partial charge in [0.2, 0.25) is 11.8 Å². The molecule has 2 aromatic heterocycles. The zero-order valence-corrected chi connectivity index (χ0v) is 42.0. The summed E-state index contributed by atoms with van der Waals surface area (Å²) in [5.74, 6) is -1.25. The van der Waals surface area contributed by atoms with Crippen molar-refractivity contribution in [2.24, 2.45) is 40.1 Å². The van der Waals surface area contributed by atoms with Gasteiger partial charge in [0.25, 0.3) is 5.91 Å². The topological polar surface area (TPSA) is 484 Å². The maximum atomic E-state index is 13.2. The van der Waals surface area contributed by atoms with Crippen LogP contribution in [0.4, 0.5) is 0 Å². The first-order valence-corrected chi connectivity index (χ1v) is 26.3. The average molecular weight is 1080 g/mol. The van der Waals surface area contributed by atoms with Crippen LogP contribution in [-0.2, 0) is 44.4 Å². The molecule has 6 rings (SSSR count). The highest BCUT2D eigenvalue weighted by molar-refractivity contribution is 7.14. The highest BCUT2D eigenvalue weighted by Gasteiger charge is 2.54. The molecule has 4 aliphatic rings. The number of nitrogens with two attached hydrogens (primary N) is 7. The van der Waals surface area contributed by atoms with Crippen molar-refractivity contribution < 1.29 is 73.4 Å². The number of aromatic nitrogens is 2. The molecular formula is C43H75N13O15S2. The number of aliphatic hydroxyl groups is 6. The second-order valence-electron chi connectivity index (χ2n) is 18.5. The number of aliphatic hydroxyl groups excluding tert-OH is 6. The molecule has 0 radical (unpaired) electrons. The molecule has 3 aliphatic heterocycles. The van der Waals surface area contributed by atoms with Gasteiger partial charge in [-0.3, -0.25) is 14.4 Å². The number of amides is 3. The zero-order chi connectivity index (χ0) is 52.9. The molecule has 30 heteroatoms. The molecule has 4 fully saturated rings. The number of carbonyl (C=O) groups is 3. The standard InChI is InChI=1S/C43H75N13O15S2/c44-7-1-2-8-51-9-3-10-53-39(65)20-16-73-40(56-20)21-17-72-27(55-21)6-11-52-25(57)4-5-26(58)54-15-24-37(70-42-29(50)34(63)32(61)23(14-46)67-42)35(64)43(68-24)71-38-30(59)18(47)12-19(48)36(38)69-41-28(49)33(62)31(60)22(13-45)66-41/h16-19,22-24,28-38,41-43,51,59-64H,1-15,44-50H2,(H,52,57)(H,53,65)(H,54,58). The van der Waals surface area contributed by atoms with Crippen LogP contribution < -0.4 is 61.4 Å². The quantitative estimate of drug-likeness (QED) is 0.0389. The van der Waals surface area contributed by atoms with E-state index in [9.17, 15) is 45.0 Å². The number of unbranched alkanes of at least 4 members (excludes halogenated alkanes) is 1. The van der Waals surface area contributed by atoms with Gasteiger partial charge >= 0.3 is 0 Å². The predicted molar refractivity (Wildman–Crippen MR) is 262 cm³/mol. The Balaban J connectivity index is 1.01. The predicted octanol–water partition coefficient (Wildman–Crippen LogP) is -7.60. The van der Waals surface area contributed by atoms with Crippen molar-refractivity contribution in [2.45, 2.75) is 161 Å². The zero-order valence-electron chi connectivity index (χ0n) is 40.3. The molecule has 0 spiro atoms. The van der Waals surface area contributed by atoms with Crippen molar-refractivity contribution in [3.63, 3.8) is 0 Å². The van der Waals surface area contributed by atoms with Crippen molar-refractivity contribution in [2.75, 3.05) is 52.4 Å². The number of hydrogen-bond donors (Lipinski definition) is 17. The number of hydrogen-bond acceptors (Lipinski definition) is 27. The van der Waals surface area contributed by atoms with Crippen LogP contribution in [0.15, 0.2) is 10.8 Å². The van der Waals surface area contributed by atoms with Gasteiger partial charge in [-0.15, -0.1) is 22.7 Å². The molecule has 28 nitrogen and oxygen atoms in total. The summed E-state index contributed by atoms with van der Waals surface area (Å²) >= 11 is 2.68. The van der Waals surface area contributed by atoms with Crippen LogP contribution in [0, 0.1) is 0 Å². The third-order valence-corrected chi connectivity index (χ3v) is 14.8. The van der Waals surface area contributed by atoms with E-state index < -0.39 is 128 Å². The van der Waals surface area contributed by atoms with Crippen molar-refractivity contribution in [3.05, 3.63) is 21.5 Å². The van der Waals surface area contributed by atoms with Gasteiger partial charge in [0.05, 0.1) is 23.2 Å². The highest BCUT2D eigenvalue weighted by atomic mass is 32.1. The minimum atomic E-state index is -1.72. The number of ether oxygens (including phenoxy) is 6. The van der Waals surface area contributed by atoms with Crippen LogP contribution in [0.1, 0.15) is 54.0 Å². The monoisotopic (exact) mass is 1080 g/mol. The lowest BCUT2D eigenvalue weighted by Crippen LogP contribution is -2.68. The van der Waals surface area contributed by atoms with E-state index in [1.54, 1.807) is 5.38 Å². The van der Waals surface area contributed by atoms with Gasteiger partial charge in [-0.05, 0) is 45.3 Å². The number of thiazole rings is 2. The van der Waals surface area contributed by atoms with E-state index >= 15 is 0 Å². The number of rotatable bonds is 26. The van der Waals surface area contributed by atoms with Gasteiger partial charge in [0.15, 0.2) is 18.9 Å². The summed E-state index contributed by atoms with van der Waals surface area (Å²) < 4.78 is 36.0. The lowest BCUT2D eigenvalue weighted by Gasteiger charge is -2.47. The number of carbonyl (C=O) groups excluding carboxylic acids is 3. The summed E-state index contributed by atoms with van der Waals surface area (Å²) in [5.41, 5.74) is 43.0. The second kappa shape index (κ2) is 28.3. The van der Waals surface area contributed by atoms with Crippen LogP contribution in [0.25, 0.3) is 10.7 Å². The molecule has 2 aromatic rings. The van der Waals surface area contributed by atoms with Gasteiger partial charge < -0.3 is 120 Å². The van der Waals surface area contributed by atoms with E-state index in [0.29, 0.717) is 35.9 Å². The Hall–Kier alpha value is -3.13. The Morgan fingerprint density at radius 2 is 1.22 bits per heavy atom.